The number of rotatable bonds is 3. The van der Waals surface area contributed by atoms with Gasteiger partial charge in [-0.3, -0.25) is 0 Å². The summed E-state index contributed by atoms with van der Waals surface area (Å²) in [6.07, 6.45) is -7.54. The lowest BCUT2D eigenvalue weighted by Crippen LogP contribution is -2.60. The summed E-state index contributed by atoms with van der Waals surface area (Å²) in [7, 11) is 0. The summed E-state index contributed by atoms with van der Waals surface area (Å²) in [6.45, 7) is 1.08. The third kappa shape index (κ3) is 2.34. The van der Waals surface area contributed by atoms with Gasteiger partial charge in [0.15, 0.2) is 6.29 Å². The van der Waals surface area contributed by atoms with Gasteiger partial charge in [-0.1, -0.05) is 6.92 Å². The Morgan fingerprint density at radius 2 is 2.00 bits per heavy atom. The Hall–Kier alpha value is -1.27. The predicted molar refractivity (Wildman–Crippen MR) is 80.2 cm³/mol. The fourth-order valence-electron chi connectivity index (χ4n) is 4.36. The number of hydrogen-bond acceptors (Lipinski definition) is 10. The summed E-state index contributed by atoms with van der Waals surface area (Å²) in [6, 6.07) is 0. The Morgan fingerprint density at radius 3 is 2.69 bits per heavy atom. The summed E-state index contributed by atoms with van der Waals surface area (Å²) < 4.78 is 21.7. The lowest BCUT2D eigenvalue weighted by atomic mass is 9.81. The highest BCUT2D eigenvalue weighted by Gasteiger charge is 2.68. The summed E-state index contributed by atoms with van der Waals surface area (Å²) in [5.41, 5.74) is -1.16. The normalized spacial score (nSPS) is 52.9. The molecule has 10 atom stereocenters. The van der Waals surface area contributed by atoms with Gasteiger partial charge in [0, 0.05) is 5.92 Å². The highest BCUT2D eigenvalue weighted by Crippen LogP contribution is 2.53. The Morgan fingerprint density at radius 1 is 1.27 bits per heavy atom. The zero-order valence-electron chi connectivity index (χ0n) is 14.0. The Kier molecular flexibility index (Phi) is 4.27. The highest BCUT2D eigenvalue weighted by atomic mass is 16.7. The van der Waals surface area contributed by atoms with Crippen molar-refractivity contribution in [2.24, 2.45) is 11.8 Å². The summed E-state index contributed by atoms with van der Waals surface area (Å²) >= 11 is 0. The van der Waals surface area contributed by atoms with Crippen LogP contribution in [0.3, 0.4) is 0 Å². The maximum Gasteiger partial charge on any atom is 0.338 e. The number of aliphatic hydroxyl groups excluding tert-OH is 4. The minimum absolute atomic E-state index is 0.0377. The fourth-order valence-corrected chi connectivity index (χ4v) is 4.36. The average molecular weight is 374 g/mol. The minimum Gasteiger partial charge on any atom is -0.498 e. The van der Waals surface area contributed by atoms with Crippen LogP contribution in [-0.4, -0.2) is 93.2 Å². The van der Waals surface area contributed by atoms with Gasteiger partial charge >= 0.3 is 5.97 Å². The van der Waals surface area contributed by atoms with Crippen molar-refractivity contribution in [2.75, 3.05) is 13.2 Å². The van der Waals surface area contributed by atoms with Crippen LogP contribution in [0.5, 0.6) is 0 Å². The van der Waals surface area contributed by atoms with Crippen molar-refractivity contribution >= 4 is 5.97 Å². The topological polar surface area (TPSA) is 155 Å². The molecule has 0 spiro atoms. The first-order valence-corrected chi connectivity index (χ1v) is 8.50. The molecule has 1 saturated carbocycles. The van der Waals surface area contributed by atoms with Crippen molar-refractivity contribution in [2.45, 2.75) is 55.4 Å². The van der Waals surface area contributed by atoms with E-state index in [-0.39, 0.29) is 12.2 Å². The van der Waals surface area contributed by atoms with Gasteiger partial charge in [-0.15, -0.1) is 0 Å². The number of hydrogen-bond donors (Lipinski definition) is 5. The van der Waals surface area contributed by atoms with Gasteiger partial charge in [0.25, 0.3) is 0 Å². The van der Waals surface area contributed by atoms with Crippen molar-refractivity contribution in [1.82, 2.24) is 0 Å². The van der Waals surface area contributed by atoms with Gasteiger partial charge in [0.1, 0.15) is 48.8 Å². The molecule has 0 amide bonds. The average Bonchev–Trinajstić information content (AvgIpc) is 3.06. The number of carbonyl (C=O) groups excluding carboxylic acids is 1. The number of ether oxygens (including phenoxy) is 4. The Balaban J connectivity index is 1.59. The van der Waals surface area contributed by atoms with Crippen molar-refractivity contribution in [3.05, 3.63) is 11.8 Å². The van der Waals surface area contributed by atoms with Crippen LogP contribution in [0.4, 0.5) is 0 Å². The van der Waals surface area contributed by atoms with E-state index in [0.717, 1.165) is 0 Å². The quantitative estimate of drug-likeness (QED) is 0.323. The SMILES string of the molecule is C[C@H]1[C@H](O[C@@H]2O[C@H](CO)[C@@H](O)[C@H](O)[C@H]2O)[C@H]2OC(=O)C3=COC[C@@]1(O)[C@@H]32. The van der Waals surface area contributed by atoms with Gasteiger partial charge < -0.3 is 44.5 Å². The smallest absolute Gasteiger partial charge is 0.338 e. The second-order valence-corrected chi connectivity index (χ2v) is 7.31. The van der Waals surface area contributed by atoms with Crippen LogP contribution in [0, 0.1) is 11.8 Å². The van der Waals surface area contributed by atoms with E-state index in [0.29, 0.717) is 0 Å². The van der Waals surface area contributed by atoms with Crippen molar-refractivity contribution in [3.63, 3.8) is 0 Å². The Bertz CT molecular complexity index is 620. The molecule has 2 saturated heterocycles. The number of carbonyl (C=O) groups is 1. The van der Waals surface area contributed by atoms with Crippen LogP contribution in [0.15, 0.2) is 11.8 Å². The van der Waals surface area contributed by atoms with Crippen LogP contribution in [-0.2, 0) is 23.7 Å². The first-order valence-electron chi connectivity index (χ1n) is 8.50. The molecule has 0 bridgehead atoms. The monoisotopic (exact) mass is 374 g/mol. The lowest BCUT2D eigenvalue weighted by molar-refractivity contribution is -0.319. The highest BCUT2D eigenvalue weighted by molar-refractivity contribution is 5.92. The van der Waals surface area contributed by atoms with Gasteiger partial charge in [-0.2, -0.15) is 0 Å². The predicted octanol–water partition coefficient (Wildman–Crippen LogP) is -2.99. The minimum atomic E-state index is -1.59. The van der Waals surface area contributed by atoms with Gasteiger partial charge in [0.05, 0.1) is 24.4 Å². The van der Waals surface area contributed by atoms with Gasteiger partial charge in [0.2, 0.25) is 0 Å². The van der Waals surface area contributed by atoms with E-state index in [2.05, 4.69) is 0 Å². The molecule has 10 nitrogen and oxygen atoms in total. The molecule has 3 fully saturated rings. The third-order valence-corrected chi connectivity index (χ3v) is 5.95. The lowest BCUT2D eigenvalue weighted by Gasteiger charge is -2.41. The van der Waals surface area contributed by atoms with Gasteiger partial charge in [-0.25, -0.2) is 4.79 Å². The molecule has 3 heterocycles. The molecule has 146 valence electrons. The maximum absolute atomic E-state index is 12.0. The van der Waals surface area contributed by atoms with Crippen molar-refractivity contribution in [3.8, 4) is 0 Å². The second kappa shape index (κ2) is 6.13. The first-order chi connectivity index (χ1) is 12.3. The molecule has 10 heteroatoms. The molecule has 1 aliphatic carbocycles. The molecule has 0 unspecified atom stereocenters. The van der Waals surface area contributed by atoms with Gasteiger partial charge in [-0.05, 0) is 0 Å². The first kappa shape index (κ1) is 18.1. The van der Waals surface area contributed by atoms with Crippen LogP contribution in [0.2, 0.25) is 0 Å². The van der Waals surface area contributed by atoms with E-state index < -0.39 is 72.9 Å². The molecule has 4 aliphatic rings. The summed E-state index contributed by atoms with van der Waals surface area (Å²) in [5.74, 6) is -1.78. The largest absolute Gasteiger partial charge is 0.498 e. The van der Waals surface area contributed by atoms with Crippen molar-refractivity contribution in [1.29, 1.82) is 0 Å². The zero-order valence-corrected chi connectivity index (χ0v) is 14.0. The summed E-state index contributed by atoms with van der Waals surface area (Å²) in [4.78, 5) is 12.0. The second-order valence-electron chi connectivity index (χ2n) is 7.31. The molecular formula is C16H22O10. The molecule has 4 rings (SSSR count). The van der Waals surface area contributed by atoms with E-state index in [9.17, 15) is 30.3 Å². The molecular weight excluding hydrogens is 352 g/mol. The van der Waals surface area contributed by atoms with E-state index in [1.165, 1.54) is 6.26 Å². The molecule has 5 N–H and O–H groups in total. The van der Waals surface area contributed by atoms with E-state index in [4.69, 9.17) is 18.9 Å². The number of esters is 1. The standard InChI is InChI=1S/C16H22O10/c1-5-12(26-15-11(20)10(19)9(18)7(2-17)24-15)13-8-6(14(21)25-13)3-23-4-16(5,8)22/h3,5,7-13,15,17-20,22H,2,4H2,1H3/t5-,7+,8-,9+,10-,11+,12-,13-,15-,16-/m0/s1. The zero-order chi connectivity index (χ0) is 18.8. The molecule has 0 aromatic carbocycles. The summed E-state index contributed by atoms with van der Waals surface area (Å²) in [5, 5.41) is 50.2. The Labute approximate surface area is 148 Å². The third-order valence-electron chi connectivity index (χ3n) is 5.95. The van der Waals surface area contributed by atoms with E-state index in [1.807, 2.05) is 0 Å². The van der Waals surface area contributed by atoms with Crippen LogP contribution >= 0.6 is 0 Å². The van der Waals surface area contributed by atoms with E-state index in [1.54, 1.807) is 6.92 Å². The molecule has 3 aliphatic heterocycles. The van der Waals surface area contributed by atoms with E-state index >= 15 is 0 Å². The van der Waals surface area contributed by atoms with Crippen LogP contribution < -0.4 is 0 Å². The molecule has 0 aromatic heterocycles. The fraction of sp³-hybridized carbons (Fsp3) is 0.812. The maximum atomic E-state index is 12.0. The molecule has 0 aromatic rings. The van der Waals surface area contributed by atoms with Crippen molar-refractivity contribution < 1.29 is 49.3 Å². The van der Waals surface area contributed by atoms with Crippen LogP contribution in [0.1, 0.15) is 6.92 Å². The molecule has 26 heavy (non-hydrogen) atoms. The molecule has 0 radical (unpaired) electrons. The number of aliphatic hydroxyl groups is 5. The van der Waals surface area contributed by atoms with Crippen LogP contribution in [0.25, 0.3) is 0 Å².